The van der Waals surface area contributed by atoms with Crippen molar-refractivity contribution in [1.82, 2.24) is 5.32 Å². The van der Waals surface area contributed by atoms with Gasteiger partial charge in [-0.1, -0.05) is 54.4 Å². The molecule has 0 aromatic heterocycles. The molecule has 3 heteroatoms. The predicted octanol–water partition coefficient (Wildman–Crippen LogP) is 5.20. The molecule has 1 atom stereocenters. The molecule has 2 aromatic carbocycles. The molecule has 0 aliphatic carbocycles. The molecule has 0 heterocycles. The minimum atomic E-state index is 0.220. The molecule has 1 N–H and O–H groups in total. The Bertz CT molecular complexity index is 561. The molecule has 0 fully saturated rings. The molecule has 2 rings (SSSR count). The zero-order valence-corrected chi connectivity index (χ0v) is 13.3. The Hall–Kier alpha value is -1.02. The van der Waals surface area contributed by atoms with E-state index >= 15 is 0 Å². The smallest absolute Gasteiger partial charge is 0.0438 e. The van der Waals surface area contributed by atoms with Crippen LogP contribution in [0.3, 0.4) is 0 Å². The standard InChI is InChI=1S/C17H19Cl2N/c1-3-20-17(11-13-6-4-5-7-16(13)19)14-8-12(2)9-15(18)10-14/h4-10,17,20H,3,11H2,1-2H3. The van der Waals surface area contributed by atoms with Gasteiger partial charge in [0.2, 0.25) is 0 Å². The fourth-order valence-electron chi connectivity index (χ4n) is 2.40. The van der Waals surface area contributed by atoms with E-state index in [1.165, 1.54) is 11.1 Å². The van der Waals surface area contributed by atoms with E-state index in [4.69, 9.17) is 23.2 Å². The number of hydrogen-bond acceptors (Lipinski definition) is 1. The normalized spacial score (nSPS) is 12.4. The van der Waals surface area contributed by atoms with E-state index in [0.717, 1.165) is 28.6 Å². The van der Waals surface area contributed by atoms with Gasteiger partial charge in [-0.15, -0.1) is 0 Å². The van der Waals surface area contributed by atoms with Crippen molar-refractivity contribution in [2.24, 2.45) is 0 Å². The molecule has 0 saturated carbocycles. The minimum absolute atomic E-state index is 0.220. The first-order valence-corrected chi connectivity index (χ1v) is 7.59. The van der Waals surface area contributed by atoms with Crippen molar-refractivity contribution >= 4 is 23.2 Å². The monoisotopic (exact) mass is 307 g/mol. The summed E-state index contributed by atoms with van der Waals surface area (Å²) in [6.45, 7) is 5.07. The van der Waals surface area contributed by atoms with Crippen LogP contribution in [0.25, 0.3) is 0 Å². The van der Waals surface area contributed by atoms with E-state index in [1.54, 1.807) is 0 Å². The average molecular weight is 308 g/mol. The van der Waals surface area contributed by atoms with Gasteiger partial charge >= 0.3 is 0 Å². The Balaban J connectivity index is 2.29. The lowest BCUT2D eigenvalue weighted by molar-refractivity contribution is 0.549. The summed E-state index contributed by atoms with van der Waals surface area (Å²) in [5, 5.41) is 5.11. The zero-order valence-electron chi connectivity index (χ0n) is 11.8. The van der Waals surface area contributed by atoms with Gasteiger partial charge in [0.1, 0.15) is 0 Å². The largest absolute Gasteiger partial charge is 0.310 e. The highest BCUT2D eigenvalue weighted by molar-refractivity contribution is 6.31. The Morgan fingerprint density at radius 3 is 2.50 bits per heavy atom. The Labute approximate surface area is 130 Å². The number of aryl methyl sites for hydroxylation is 1. The van der Waals surface area contributed by atoms with Crippen molar-refractivity contribution in [3.63, 3.8) is 0 Å². The molecule has 0 aliphatic heterocycles. The van der Waals surface area contributed by atoms with E-state index in [-0.39, 0.29) is 6.04 Å². The maximum atomic E-state index is 6.26. The van der Waals surface area contributed by atoms with Crippen LogP contribution in [-0.2, 0) is 6.42 Å². The summed E-state index contributed by atoms with van der Waals surface area (Å²) in [6, 6.07) is 14.4. The van der Waals surface area contributed by atoms with Crippen LogP contribution >= 0.6 is 23.2 Å². The Kier molecular flexibility index (Phi) is 5.47. The van der Waals surface area contributed by atoms with Gasteiger partial charge in [-0.3, -0.25) is 0 Å². The van der Waals surface area contributed by atoms with E-state index in [2.05, 4.69) is 31.3 Å². The third-order valence-electron chi connectivity index (χ3n) is 3.30. The molecule has 20 heavy (non-hydrogen) atoms. The number of hydrogen-bond donors (Lipinski definition) is 1. The third kappa shape index (κ3) is 3.99. The Morgan fingerprint density at radius 1 is 1.10 bits per heavy atom. The molecule has 0 aliphatic rings. The maximum Gasteiger partial charge on any atom is 0.0438 e. The summed E-state index contributed by atoms with van der Waals surface area (Å²) >= 11 is 12.4. The van der Waals surface area contributed by atoms with Crippen molar-refractivity contribution in [2.45, 2.75) is 26.3 Å². The summed E-state index contributed by atoms with van der Waals surface area (Å²) in [5.41, 5.74) is 3.53. The van der Waals surface area contributed by atoms with Gasteiger partial charge in [-0.25, -0.2) is 0 Å². The van der Waals surface area contributed by atoms with Gasteiger partial charge in [0, 0.05) is 16.1 Å². The number of nitrogens with one attached hydrogen (secondary N) is 1. The molecule has 2 aromatic rings. The summed E-state index contributed by atoms with van der Waals surface area (Å²) in [4.78, 5) is 0. The number of halogens is 2. The highest BCUT2D eigenvalue weighted by Gasteiger charge is 2.13. The molecule has 0 radical (unpaired) electrons. The molecular weight excluding hydrogens is 289 g/mol. The first-order valence-electron chi connectivity index (χ1n) is 6.84. The first kappa shape index (κ1) is 15.4. The number of rotatable bonds is 5. The molecule has 0 spiro atoms. The highest BCUT2D eigenvalue weighted by Crippen LogP contribution is 2.26. The van der Waals surface area contributed by atoms with Gasteiger partial charge in [0.05, 0.1) is 0 Å². The van der Waals surface area contributed by atoms with Gasteiger partial charge in [-0.2, -0.15) is 0 Å². The van der Waals surface area contributed by atoms with Crippen LogP contribution in [0.1, 0.15) is 29.7 Å². The fraction of sp³-hybridized carbons (Fsp3) is 0.294. The van der Waals surface area contributed by atoms with Crippen molar-refractivity contribution in [2.75, 3.05) is 6.54 Å². The Morgan fingerprint density at radius 2 is 1.85 bits per heavy atom. The van der Waals surface area contributed by atoms with Crippen molar-refractivity contribution in [3.05, 3.63) is 69.2 Å². The van der Waals surface area contributed by atoms with Crippen molar-refractivity contribution < 1.29 is 0 Å². The molecule has 1 unspecified atom stereocenters. The molecular formula is C17H19Cl2N. The molecule has 106 valence electrons. The van der Waals surface area contributed by atoms with E-state index in [9.17, 15) is 0 Å². The van der Waals surface area contributed by atoms with Crippen LogP contribution < -0.4 is 5.32 Å². The van der Waals surface area contributed by atoms with Crippen LogP contribution in [-0.4, -0.2) is 6.54 Å². The third-order valence-corrected chi connectivity index (χ3v) is 3.89. The van der Waals surface area contributed by atoms with Crippen LogP contribution in [0.2, 0.25) is 10.0 Å². The summed E-state index contributed by atoms with van der Waals surface area (Å²) in [6.07, 6.45) is 0.854. The molecule has 0 amide bonds. The first-order chi connectivity index (χ1) is 9.60. The summed E-state index contributed by atoms with van der Waals surface area (Å²) in [5.74, 6) is 0. The van der Waals surface area contributed by atoms with Gasteiger partial charge in [-0.05, 0) is 54.8 Å². The van der Waals surface area contributed by atoms with E-state index in [1.807, 2.05) is 30.3 Å². The van der Waals surface area contributed by atoms with Gasteiger partial charge in [0.25, 0.3) is 0 Å². The number of benzene rings is 2. The SMILES string of the molecule is CCNC(Cc1ccccc1Cl)c1cc(C)cc(Cl)c1. The van der Waals surface area contributed by atoms with Crippen molar-refractivity contribution in [1.29, 1.82) is 0 Å². The lowest BCUT2D eigenvalue weighted by Gasteiger charge is -2.20. The fourth-order valence-corrected chi connectivity index (χ4v) is 2.91. The second kappa shape index (κ2) is 7.12. The maximum absolute atomic E-state index is 6.26. The molecule has 0 bridgehead atoms. The van der Waals surface area contributed by atoms with Crippen LogP contribution in [0, 0.1) is 6.92 Å². The zero-order chi connectivity index (χ0) is 14.5. The molecule has 1 nitrogen and oxygen atoms in total. The molecule has 0 saturated heterocycles. The highest BCUT2D eigenvalue weighted by atomic mass is 35.5. The second-order valence-electron chi connectivity index (χ2n) is 4.97. The van der Waals surface area contributed by atoms with E-state index in [0.29, 0.717) is 0 Å². The topological polar surface area (TPSA) is 12.0 Å². The summed E-state index contributed by atoms with van der Waals surface area (Å²) in [7, 11) is 0. The quantitative estimate of drug-likeness (QED) is 0.801. The van der Waals surface area contributed by atoms with E-state index < -0.39 is 0 Å². The van der Waals surface area contributed by atoms with Crippen LogP contribution in [0.15, 0.2) is 42.5 Å². The lowest BCUT2D eigenvalue weighted by Crippen LogP contribution is -2.23. The van der Waals surface area contributed by atoms with Crippen LogP contribution in [0.4, 0.5) is 0 Å². The van der Waals surface area contributed by atoms with Gasteiger partial charge in [0.15, 0.2) is 0 Å². The minimum Gasteiger partial charge on any atom is -0.310 e. The predicted molar refractivity (Wildman–Crippen MR) is 87.8 cm³/mol. The number of likely N-dealkylation sites (N-methyl/N-ethyl adjacent to an activating group) is 1. The average Bonchev–Trinajstić information content (AvgIpc) is 2.39. The lowest BCUT2D eigenvalue weighted by atomic mass is 9.97. The van der Waals surface area contributed by atoms with Gasteiger partial charge < -0.3 is 5.32 Å². The second-order valence-corrected chi connectivity index (χ2v) is 5.81. The summed E-state index contributed by atoms with van der Waals surface area (Å²) < 4.78 is 0. The van der Waals surface area contributed by atoms with Crippen LogP contribution in [0.5, 0.6) is 0 Å². The van der Waals surface area contributed by atoms with Crippen molar-refractivity contribution in [3.8, 4) is 0 Å².